The van der Waals surface area contributed by atoms with Gasteiger partial charge in [0.05, 0.1) is 24.7 Å². The van der Waals surface area contributed by atoms with Gasteiger partial charge < -0.3 is 9.52 Å². The molecule has 0 aromatic carbocycles. The van der Waals surface area contributed by atoms with Crippen molar-refractivity contribution in [1.82, 2.24) is 9.55 Å². The van der Waals surface area contributed by atoms with Crippen LogP contribution >= 0.6 is 11.3 Å². The van der Waals surface area contributed by atoms with Gasteiger partial charge in [-0.3, -0.25) is 9.36 Å². The van der Waals surface area contributed by atoms with E-state index in [1.54, 1.807) is 11.4 Å². The molecule has 0 unspecified atom stereocenters. The Bertz CT molecular complexity index is 814. The maximum Gasteiger partial charge on any atom is 0.372 e. The number of carbonyl (C=O) groups is 1. The molecule has 0 aliphatic heterocycles. The minimum absolute atomic E-state index is 0.123. The minimum Gasteiger partial charge on any atom is -0.475 e. The lowest BCUT2D eigenvalue weighted by atomic mass is 10.2. The second-order valence-corrected chi connectivity index (χ2v) is 4.81. The van der Waals surface area contributed by atoms with Crippen molar-refractivity contribution >= 4 is 27.5 Å². The molecule has 0 saturated carbocycles. The van der Waals surface area contributed by atoms with Gasteiger partial charge in [0.25, 0.3) is 5.56 Å². The standard InChI is InChI=1S/C12H8N2O4S/c15-11-10-8(2-4-19-10)13-6-14(11)5-7-1-3-18-9(7)12(16)17/h1-4,6H,5H2,(H,16,17). The first-order chi connectivity index (χ1) is 9.16. The summed E-state index contributed by atoms with van der Waals surface area (Å²) >= 11 is 1.32. The Labute approximate surface area is 110 Å². The summed E-state index contributed by atoms with van der Waals surface area (Å²) in [6.07, 6.45) is 2.71. The molecule has 0 aliphatic rings. The number of nitrogens with zero attached hydrogens (tertiary/aromatic N) is 2. The molecule has 3 rings (SSSR count). The zero-order valence-electron chi connectivity index (χ0n) is 9.57. The lowest BCUT2D eigenvalue weighted by molar-refractivity contribution is 0.0660. The van der Waals surface area contributed by atoms with E-state index in [0.717, 1.165) is 0 Å². The highest BCUT2D eigenvalue weighted by molar-refractivity contribution is 7.17. The van der Waals surface area contributed by atoms with Crippen molar-refractivity contribution in [3.8, 4) is 0 Å². The number of hydrogen-bond acceptors (Lipinski definition) is 5. The fourth-order valence-electron chi connectivity index (χ4n) is 1.82. The monoisotopic (exact) mass is 276 g/mol. The molecule has 19 heavy (non-hydrogen) atoms. The molecule has 0 radical (unpaired) electrons. The number of hydrogen-bond donors (Lipinski definition) is 1. The van der Waals surface area contributed by atoms with Crippen LogP contribution < -0.4 is 5.56 Å². The van der Waals surface area contributed by atoms with E-state index in [1.165, 1.54) is 34.6 Å². The first kappa shape index (κ1) is 11.7. The molecule has 0 saturated heterocycles. The first-order valence-corrected chi connectivity index (χ1v) is 6.27. The highest BCUT2D eigenvalue weighted by Gasteiger charge is 2.15. The van der Waals surface area contributed by atoms with Gasteiger partial charge in [-0.15, -0.1) is 11.3 Å². The Morgan fingerprint density at radius 1 is 1.47 bits per heavy atom. The van der Waals surface area contributed by atoms with Crippen molar-refractivity contribution in [2.45, 2.75) is 6.54 Å². The van der Waals surface area contributed by atoms with E-state index < -0.39 is 5.97 Å². The number of rotatable bonds is 3. The SMILES string of the molecule is O=C(O)c1occc1Cn1cnc2ccsc2c1=O. The maximum absolute atomic E-state index is 12.2. The van der Waals surface area contributed by atoms with Crippen molar-refractivity contribution in [1.29, 1.82) is 0 Å². The molecular formula is C12H8N2O4S. The lowest BCUT2D eigenvalue weighted by Gasteiger charge is -2.03. The number of furan rings is 1. The molecule has 3 heterocycles. The molecule has 0 fully saturated rings. The Hall–Kier alpha value is -2.41. The largest absolute Gasteiger partial charge is 0.475 e. The Balaban J connectivity index is 2.06. The number of fused-ring (bicyclic) bond motifs is 1. The van der Waals surface area contributed by atoms with E-state index >= 15 is 0 Å². The smallest absolute Gasteiger partial charge is 0.372 e. The molecule has 0 aliphatic carbocycles. The first-order valence-electron chi connectivity index (χ1n) is 5.39. The van der Waals surface area contributed by atoms with E-state index in [2.05, 4.69) is 4.98 Å². The molecule has 1 N–H and O–H groups in total. The van der Waals surface area contributed by atoms with E-state index in [0.29, 0.717) is 15.8 Å². The second-order valence-electron chi connectivity index (χ2n) is 3.89. The van der Waals surface area contributed by atoms with Gasteiger partial charge in [-0.1, -0.05) is 0 Å². The van der Waals surface area contributed by atoms with E-state index in [-0.39, 0.29) is 17.9 Å². The summed E-state index contributed by atoms with van der Waals surface area (Å²) in [4.78, 5) is 27.2. The normalized spacial score (nSPS) is 10.9. The number of aromatic carboxylic acids is 1. The van der Waals surface area contributed by atoms with Gasteiger partial charge in [0.1, 0.15) is 4.70 Å². The van der Waals surface area contributed by atoms with Crippen LogP contribution in [0.1, 0.15) is 16.1 Å². The minimum atomic E-state index is -1.15. The van der Waals surface area contributed by atoms with Gasteiger partial charge in [-0.25, -0.2) is 9.78 Å². The zero-order valence-corrected chi connectivity index (χ0v) is 10.4. The van der Waals surface area contributed by atoms with Crippen molar-refractivity contribution in [2.24, 2.45) is 0 Å². The molecule has 0 spiro atoms. The maximum atomic E-state index is 12.2. The third-order valence-electron chi connectivity index (χ3n) is 2.72. The van der Waals surface area contributed by atoms with Gasteiger partial charge in [-0.05, 0) is 17.5 Å². The third-order valence-corrected chi connectivity index (χ3v) is 3.61. The van der Waals surface area contributed by atoms with Crippen molar-refractivity contribution in [2.75, 3.05) is 0 Å². The lowest BCUT2D eigenvalue weighted by Crippen LogP contribution is -2.20. The summed E-state index contributed by atoms with van der Waals surface area (Å²) in [5.41, 5.74) is 0.904. The summed E-state index contributed by atoms with van der Waals surface area (Å²) < 4.78 is 6.81. The molecule has 0 amide bonds. The summed E-state index contributed by atoms with van der Waals surface area (Å²) in [6.45, 7) is 0.123. The molecule has 96 valence electrons. The predicted molar refractivity (Wildman–Crippen MR) is 68.6 cm³/mol. The number of thiophene rings is 1. The highest BCUT2D eigenvalue weighted by atomic mass is 32.1. The van der Waals surface area contributed by atoms with Crippen LogP contribution in [0.4, 0.5) is 0 Å². The third kappa shape index (κ3) is 1.93. The Kier molecular flexibility index (Phi) is 2.68. The fourth-order valence-corrected chi connectivity index (χ4v) is 2.62. The van der Waals surface area contributed by atoms with Gasteiger partial charge in [0.15, 0.2) is 0 Å². The van der Waals surface area contributed by atoms with Crippen LogP contribution in [0.3, 0.4) is 0 Å². The average molecular weight is 276 g/mol. The van der Waals surface area contributed by atoms with E-state index in [9.17, 15) is 9.59 Å². The van der Waals surface area contributed by atoms with Crippen LogP contribution in [-0.2, 0) is 6.54 Å². The molecule has 7 heteroatoms. The fraction of sp³-hybridized carbons (Fsp3) is 0.0833. The van der Waals surface area contributed by atoms with E-state index in [1.807, 2.05) is 0 Å². The molecule has 6 nitrogen and oxygen atoms in total. The average Bonchev–Trinajstić information content (AvgIpc) is 3.01. The van der Waals surface area contributed by atoms with Crippen molar-refractivity contribution < 1.29 is 14.3 Å². The van der Waals surface area contributed by atoms with Gasteiger partial charge >= 0.3 is 5.97 Å². The summed E-state index contributed by atoms with van der Waals surface area (Å²) in [6, 6.07) is 3.31. The van der Waals surface area contributed by atoms with Crippen LogP contribution in [0.2, 0.25) is 0 Å². The van der Waals surface area contributed by atoms with Crippen LogP contribution in [-0.4, -0.2) is 20.6 Å². The number of aromatic nitrogens is 2. The quantitative estimate of drug-likeness (QED) is 0.788. The van der Waals surface area contributed by atoms with Crippen LogP contribution in [0, 0.1) is 0 Å². The topological polar surface area (TPSA) is 85.3 Å². The second kappa shape index (κ2) is 4.36. The Morgan fingerprint density at radius 3 is 3.11 bits per heavy atom. The molecule has 0 bridgehead atoms. The molecule has 3 aromatic heterocycles. The number of carboxylic acid groups (broad SMARTS) is 1. The molecule has 0 atom stereocenters. The molecule has 3 aromatic rings. The van der Waals surface area contributed by atoms with Crippen LogP contribution in [0.25, 0.3) is 10.2 Å². The molecular weight excluding hydrogens is 268 g/mol. The van der Waals surface area contributed by atoms with Crippen molar-refractivity contribution in [3.63, 3.8) is 0 Å². The number of carboxylic acids is 1. The summed E-state index contributed by atoms with van der Waals surface area (Å²) in [5.74, 6) is -1.31. The Morgan fingerprint density at radius 2 is 2.32 bits per heavy atom. The van der Waals surface area contributed by atoms with Crippen molar-refractivity contribution in [3.05, 3.63) is 51.8 Å². The summed E-state index contributed by atoms with van der Waals surface area (Å²) in [7, 11) is 0. The van der Waals surface area contributed by atoms with Gasteiger partial charge in [0, 0.05) is 5.56 Å². The zero-order chi connectivity index (χ0) is 13.4. The predicted octanol–water partition coefficient (Wildman–Crippen LogP) is 1.80. The van der Waals surface area contributed by atoms with Gasteiger partial charge in [-0.2, -0.15) is 0 Å². The van der Waals surface area contributed by atoms with Crippen LogP contribution in [0.5, 0.6) is 0 Å². The highest BCUT2D eigenvalue weighted by Crippen LogP contribution is 2.15. The van der Waals surface area contributed by atoms with Crippen LogP contribution in [0.15, 0.2) is 39.3 Å². The van der Waals surface area contributed by atoms with E-state index in [4.69, 9.17) is 9.52 Å². The van der Waals surface area contributed by atoms with Gasteiger partial charge in [0.2, 0.25) is 5.76 Å². The summed E-state index contributed by atoms with van der Waals surface area (Å²) in [5, 5.41) is 10.7.